The van der Waals surface area contributed by atoms with Gasteiger partial charge in [0.15, 0.2) is 5.82 Å². The number of allylic oxidation sites excluding steroid dienone is 1. The van der Waals surface area contributed by atoms with Gasteiger partial charge in [0.05, 0.1) is 5.02 Å². The van der Waals surface area contributed by atoms with Crippen molar-refractivity contribution in [3.05, 3.63) is 28.5 Å². The molecule has 0 radical (unpaired) electrons. The number of rotatable bonds is 4. The molecule has 7 heteroatoms. The Kier molecular flexibility index (Phi) is 3.11. The van der Waals surface area contributed by atoms with Gasteiger partial charge in [-0.3, -0.25) is 0 Å². The third kappa shape index (κ3) is 2.46. The number of hydrogen-bond acceptors (Lipinski definition) is 5. The molecule has 112 valence electrons. The van der Waals surface area contributed by atoms with Gasteiger partial charge in [-0.2, -0.15) is 4.98 Å². The second-order valence-electron chi connectivity index (χ2n) is 5.50. The molecule has 3 N–H and O–H groups in total. The fourth-order valence-corrected chi connectivity index (χ4v) is 2.63. The van der Waals surface area contributed by atoms with Crippen LogP contribution in [-0.4, -0.2) is 32.8 Å². The van der Waals surface area contributed by atoms with Gasteiger partial charge in [-0.1, -0.05) is 11.6 Å². The van der Waals surface area contributed by atoms with Crippen molar-refractivity contribution >= 4 is 41.2 Å². The normalized spacial score (nSPS) is 18.0. The van der Waals surface area contributed by atoms with Gasteiger partial charge in [0.2, 0.25) is 11.8 Å². The highest BCUT2D eigenvalue weighted by molar-refractivity contribution is 6.36. The van der Waals surface area contributed by atoms with E-state index in [-0.39, 0.29) is 5.88 Å². The van der Waals surface area contributed by atoms with Crippen LogP contribution in [0.15, 0.2) is 17.3 Å². The lowest BCUT2D eigenvalue weighted by Crippen LogP contribution is -2.04. The summed E-state index contributed by atoms with van der Waals surface area (Å²) in [6, 6.07) is 1.72. The van der Waals surface area contributed by atoms with Gasteiger partial charge in [-0.05, 0) is 30.9 Å². The van der Waals surface area contributed by atoms with E-state index in [1.54, 1.807) is 24.6 Å². The molecule has 4 rings (SSSR count). The molecule has 0 atom stereocenters. The number of aromatic amines is 1. The number of nitrogens with one attached hydrogen (secondary N) is 2. The molecule has 2 aliphatic rings. The highest BCUT2D eigenvalue weighted by Crippen LogP contribution is 2.36. The maximum absolute atomic E-state index is 9.97. The van der Waals surface area contributed by atoms with E-state index >= 15 is 0 Å². The summed E-state index contributed by atoms with van der Waals surface area (Å²) in [6.45, 7) is 0.878. The molecule has 0 saturated heterocycles. The quantitative estimate of drug-likeness (QED) is 0.808. The Hall–Kier alpha value is -2.34. The summed E-state index contributed by atoms with van der Waals surface area (Å²) in [7, 11) is 0. The molecule has 0 bridgehead atoms. The third-order valence-corrected chi connectivity index (χ3v) is 4.08. The van der Waals surface area contributed by atoms with Crippen molar-refractivity contribution in [2.45, 2.75) is 12.8 Å². The first-order valence-corrected chi connectivity index (χ1v) is 7.52. The monoisotopic (exact) mass is 315 g/mol. The van der Waals surface area contributed by atoms with E-state index < -0.39 is 0 Å². The van der Waals surface area contributed by atoms with Gasteiger partial charge in [0.1, 0.15) is 5.69 Å². The van der Waals surface area contributed by atoms with Crippen LogP contribution in [0.5, 0.6) is 5.88 Å². The number of pyridine rings is 1. The zero-order chi connectivity index (χ0) is 15.1. The largest absolute Gasteiger partial charge is 0.492 e. The highest BCUT2D eigenvalue weighted by atomic mass is 35.5. The van der Waals surface area contributed by atoms with Gasteiger partial charge in [-0.25, -0.2) is 9.98 Å². The third-order valence-electron chi connectivity index (χ3n) is 3.76. The van der Waals surface area contributed by atoms with Crippen LogP contribution in [0.2, 0.25) is 5.02 Å². The standard InChI is InChI=1S/C15H14ClN5O/c16-10-3-4-17-13-12(10)9(7-18-13)5-11-14(22)21-15(20-11)19-6-8-1-2-8/h3-5,7-8,22H,1-2,6H2,(H2,19,20,21)/b9-5+. The minimum absolute atomic E-state index is 0.0485. The predicted molar refractivity (Wildman–Crippen MR) is 86.7 cm³/mol. The first kappa shape index (κ1) is 13.3. The van der Waals surface area contributed by atoms with E-state index in [0.29, 0.717) is 22.5 Å². The summed E-state index contributed by atoms with van der Waals surface area (Å²) in [4.78, 5) is 15.5. The lowest BCUT2D eigenvalue weighted by Gasteiger charge is -2.01. The van der Waals surface area contributed by atoms with Crippen molar-refractivity contribution in [3.63, 3.8) is 0 Å². The Balaban J connectivity index is 1.62. The molecule has 2 aromatic heterocycles. The van der Waals surface area contributed by atoms with Gasteiger partial charge >= 0.3 is 0 Å². The Bertz CT molecular complexity index is 791. The molecule has 6 nitrogen and oxygen atoms in total. The van der Waals surface area contributed by atoms with Crippen LogP contribution >= 0.6 is 11.6 Å². The van der Waals surface area contributed by atoms with Crippen LogP contribution in [0.25, 0.3) is 11.6 Å². The summed E-state index contributed by atoms with van der Waals surface area (Å²) >= 11 is 6.21. The summed E-state index contributed by atoms with van der Waals surface area (Å²) in [5.74, 6) is 1.84. The van der Waals surface area contributed by atoms with Crippen LogP contribution in [0, 0.1) is 5.92 Å². The first-order valence-electron chi connectivity index (χ1n) is 7.14. The number of halogens is 1. The zero-order valence-electron chi connectivity index (χ0n) is 11.7. The van der Waals surface area contributed by atoms with Gasteiger partial charge in [0, 0.05) is 30.1 Å². The van der Waals surface area contributed by atoms with E-state index in [1.807, 2.05) is 0 Å². The molecule has 1 saturated carbocycles. The summed E-state index contributed by atoms with van der Waals surface area (Å²) in [5, 5.41) is 13.7. The molecule has 0 amide bonds. The van der Waals surface area contributed by atoms with E-state index in [4.69, 9.17) is 11.6 Å². The van der Waals surface area contributed by atoms with E-state index in [1.165, 1.54) is 12.8 Å². The zero-order valence-corrected chi connectivity index (χ0v) is 12.4. The number of H-pyrrole nitrogens is 1. The topological polar surface area (TPSA) is 86.2 Å². The number of aliphatic imine (C=N–C) groups is 1. The van der Waals surface area contributed by atoms with Crippen LogP contribution in [0.1, 0.15) is 24.1 Å². The number of aromatic nitrogens is 3. The minimum atomic E-state index is -0.0485. The average Bonchev–Trinajstić information content (AvgIpc) is 3.14. The number of aromatic hydroxyl groups is 1. The van der Waals surface area contributed by atoms with Gasteiger partial charge in [0.25, 0.3) is 0 Å². The smallest absolute Gasteiger partial charge is 0.238 e. The number of hydrogen-bond donors (Lipinski definition) is 3. The molecule has 0 aromatic carbocycles. The molecular weight excluding hydrogens is 302 g/mol. The molecule has 1 fully saturated rings. The minimum Gasteiger partial charge on any atom is -0.492 e. The van der Waals surface area contributed by atoms with Crippen molar-refractivity contribution in [1.82, 2.24) is 15.0 Å². The van der Waals surface area contributed by atoms with E-state index in [2.05, 4.69) is 25.3 Å². The summed E-state index contributed by atoms with van der Waals surface area (Å²) < 4.78 is 0. The fourth-order valence-electron chi connectivity index (χ4n) is 2.38. The van der Waals surface area contributed by atoms with Crippen molar-refractivity contribution in [2.75, 3.05) is 11.9 Å². The van der Waals surface area contributed by atoms with E-state index in [9.17, 15) is 5.11 Å². The number of anilines is 1. The molecule has 0 spiro atoms. The van der Waals surface area contributed by atoms with E-state index in [0.717, 1.165) is 23.6 Å². The lowest BCUT2D eigenvalue weighted by atomic mass is 10.1. The number of fused-ring (bicyclic) bond motifs is 1. The number of nitrogens with zero attached hydrogens (tertiary/aromatic N) is 3. The second kappa shape index (κ2) is 5.14. The summed E-state index contributed by atoms with van der Waals surface area (Å²) in [5.41, 5.74) is 2.08. The van der Waals surface area contributed by atoms with Crippen LogP contribution in [0.3, 0.4) is 0 Å². The molecule has 1 aliphatic carbocycles. The fraction of sp³-hybridized carbons (Fsp3) is 0.267. The molecule has 2 aromatic rings. The highest BCUT2D eigenvalue weighted by Gasteiger charge is 2.22. The van der Waals surface area contributed by atoms with Crippen molar-refractivity contribution in [3.8, 4) is 5.88 Å². The molecule has 0 unspecified atom stereocenters. The second-order valence-corrected chi connectivity index (χ2v) is 5.90. The SMILES string of the molecule is Oc1nc(NCC2CC2)[nH]c1/C=C1\C=Nc2nccc(Cl)c21. The van der Waals surface area contributed by atoms with Crippen molar-refractivity contribution < 1.29 is 5.11 Å². The summed E-state index contributed by atoms with van der Waals surface area (Å²) in [6.07, 6.45) is 7.59. The van der Waals surface area contributed by atoms with Crippen LogP contribution < -0.4 is 5.32 Å². The Morgan fingerprint density at radius 1 is 1.45 bits per heavy atom. The first-order chi connectivity index (χ1) is 10.7. The van der Waals surface area contributed by atoms with Crippen LogP contribution in [0.4, 0.5) is 11.8 Å². The lowest BCUT2D eigenvalue weighted by molar-refractivity contribution is 0.455. The molecule has 22 heavy (non-hydrogen) atoms. The molecule has 3 heterocycles. The Morgan fingerprint density at radius 2 is 2.32 bits per heavy atom. The molecule has 1 aliphatic heterocycles. The van der Waals surface area contributed by atoms with Gasteiger partial charge < -0.3 is 15.4 Å². The van der Waals surface area contributed by atoms with Crippen LogP contribution in [-0.2, 0) is 0 Å². The number of imidazole rings is 1. The predicted octanol–water partition coefficient (Wildman–Crippen LogP) is 3.24. The average molecular weight is 316 g/mol. The molecular formula is C15H14ClN5O. The van der Waals surface area contributed by atoms with Crippen molar-refractivity contribution in [2.24, 2.45) is 10.9 Å². The van der Waals surface area contributed by atoms with Crippen molar-refractivity contribution in [1.29, 1.82) is 0 Å². The Morgan fingerprint density at radius 3 is 3.14 bits per heavy atom. The Labute approximate surface area is 132 Å². The van der Waals surface area contributed by atoms with Gasteiger partial charge in [-0.15, -0.1) is 0 Å². The maximum Gasteiger partial charge on any atom is 0.238 e. The maximum atomic E-state index is 9.97.